The van der Waals surface area contributed by atoms with Crippen molar-refractivity contribution >= 4 is 5.91 Å². The highest BCUT2D eigenvalue weighted by Crippen LogP contribution is 2.21. The van der Waals surface area contributed by atoms with Crippen molar-refractivity contribution < 1.29 is 9.90 Å². The van der Waals surface area contributed by atoms with E-state index in [9.17, 15) is 9.90 Å². The molecule has 0 unspecified atom stereocenters. The maximum atomic E-state index is 11.2. The summed E-state index contributed by atoms with van der Waals surface area (Å²) in [4.78, 5) is 15.4. The molecule has 2 heterocycles. The Balaban J connectivity index is 1.80. The third-order valence-electron chi connectivity index (χ3n) is 3.62. The van der Waals surface area contributed by atoms with Crippen molar-refractivity contribution in [2.75, 3.05) is 26.2 Å². The van der Waals surface area contributed by atoms with Gasteiger partial charge in [0, 0.05) is 39.1 Å². The third kappa shape index (κ3) is 2.49. The standard InChI is InChI=1S/C11H20N2O2/c1-9(14)12-5-2-10(3-6-12)13-7-4-11(15)8-13/h10-11,15H,2-8H2,1H3/t11-/m1/s1. The first kappa shape index (κ1) is 10.9. The molecule has 1 atom stereocenters. The fraction of sp³-hybridized carbons (Fsp3) is 0.909. The number of amides is 1. The van der Waals surface area contributed by atoms with Gasteiger partial charge in [0.15, 0.2) is 0 Å². The molecule has 0 aromatic rings. The van der Waals surface area contributed by atoms with Gasteiger partial charge in [-0.15, -0.1) is 0 Å². The van der Waals surface area contributed by atoms with Gasteiger partial charge in [0.2, 0.25) is 5.91 Å². The van der Waals surface area contributed by atoms with E-state index in [-0.39, 0.29) is 12.0 Å². The molecule has 4 nitrogen and oxygen atoms in total. The minimum absolute atomic E-state index is 0.129. The van der Waals surface area contributed by atoms with Crippen LogP contribution in [0.3, 0.4) is 0 Å². The first-order chi connectivity index (χ1) is 7.16. The molecule has 0 saturated carbocycles. The average Bonchev–Trinajstić information content (AvgIpc) is 2.65. The zero-order valence-electron chi connectivity index (χ0n) is 9.35. The predicted molar refractivity (Wildman–Crippen MR) is 57.5 cm³/mol. The maximum absolute atomic E-state index is 11.2. The van der Waals surface area contributed by atoms with Crippen molar-refractivity contribution in [3.8, 4) is 0 Å². The fourth-order valence-corrected chi connectivity index (χ4v) is 2.65. The molecule has 0 aliphatic carbocycles. The van der Waals surface area contributed by atoms with Crippen molar-refractivity contribution in [1.29, 1.82) is 0 Å². The van der Waals surface area contributed by atoms with Crippen LogP contribution in [0.2, 0.25) is 0 Å². The van der Waals surface area contributed by atoms with Crippen LogP contribution in [0.1, 0.15) is 26.2 Å². The second kappa shape index (κ2) is 4.49. The molecule has 4 heteroatoms. The van der Waals surface area contributed by atoms with Crippen LogP contribution in [-0.4, -0.2) is 59.1 Å². The van der Waals surface area contributed by atoms with Gasteiger partial charge in [-0.1, -0.05) is 0 Å². The number of likely N-dealkylation sites (tertiary alicyclic amines) is 2. The average molecular weight is 212 g/mol. The number of β-amino-alcohol motifs (C(OH)–C–C–N with tert-alkyl or cyclic N) is 1. The molecule has 1 N–H and O–H groups in total. The molecule has 0 aromatic carbocycles. The van der Waals surface area contributed by atoms with Gasteiger partial charge in [-0.05, 0) is 19.3 Å². The molecule has 2 saturated heterocycles. The zero-order chi connectivity index (χ0) is 10.8. The molecular weight excluding hydrogens is 192 g/mol. The van der Waals surface area contributed by atoms with Crippen molar-refractivity contribution in [2.45, 2.75) is 38.3 Å². The SMILES string of the molecule is CC(=O)N1CCC(N2CC[C@@H](O)C2)CC1. The van der Waals surface area contributed by atoms with Gasteiger partial charge in [-0.2, -0.15) is 0 Å². The molecule has 1 amide bonds. The van der Waals surface area contributed by atoms with E-state index < -0.39 is 0 Å². The summed E-state index contributed by atoms with van der Waals surface area (Å²) >= 11 is 0. The van der Waals surface area contributed by atoms with E-state index >= 15 is 0 Å². The fourth-order valence-electron chi connectivity index (χ4n) is 2.65. The number of carbonyl (C=O) groups excluding carboxylic acids is 1. The van der Waals surface area contributed by atoms with Gasteiger partial charge in [0.25, 0.3) is 0 Å². The zero-order valence-corrected chi connectivity index (χ0v) is 9.35. The monoisotopic (exact) mass is 212 g/mol. The summed E-state index contributed by atoms with van der Waals surface area (Å²) in [6.45, 7) is 5.25. The van der Waals surface area contributed by atoms with Crippen molar-refractivity contribution in [1.82, 2.24) is 9.80 Å². The second-order valence-electron chi connectivity index (χ2n) is 4.67. The molecule has 86 valence electrons. The van der Waals surface area contributed by atoms with E-state index in [1.54, 1.807) is 6.92 Å². The first-order valence-electron chi connectivity index (χ1n) is 5.84. The molecule has 0 spiro atoms. The lowest BCUT2D eigenvalue weighted by molar-refractivity contribution is -0.130. The van der Waals surface area contributed by atoms with E-state index in [1.165, 1.54) is 0 Å². The summed E-state index contributed by atoms with van der Waals surface area (Å²) in [5.74, 6) is 0.190. The molecule has 0 aromatic heterocycles. The lowest BCUT2D eigenvalue weighted by Gasteiger charge is -2.36. The van der Waals surface area contributed by atoms with Crippen molar-refractivity contribution in [3.63, 3.8) is 0 Å². The smallest absolute Gasteiger partial charge is 0.219 e. The van der Waals surface area contributed by atoms with Crippen molar-refractivity contribution in [2.24, 2.45) is 0 Å². The largest absolute Gasteiger partial charge is 0.392 e. The number of hydrogen-bond donors (Lipinski definition) is 1. The minimum Gasteiger partial charge on any atom is -0.392 e. The minimum atomic E-state index is -0.129. The molecular formula is C11H20N2O2. The normalized spacial score (nSPS) is 29.7. The van der Waals surface area contributed by atoms with Gasteiger partial charge in [-0.25, -0.2) is 0 Å². The van der Waals surface area contributed by atoms with Crippen LogP contribution < -0.4 is 0 Å². The Morgan fingerprint density at radius 1 is 1.20 bits per heavy atom. The molecule has 0 radical (unpaired) electrons. The quantitative estimate of drug-likeness (QED) is 0.668. The van der Waals surface area contributed by atoms with Gasteiger partial charge < -0.3 is 10.0 Å². The molecule has 2 aliphatic rings. The Hall–Kier alpha value is -0.610. The number of aliphatic hydroxyl groups excluding tert-OH is 1. The summed E-state index contributed by atoms with van der Waals surface area (Å²) in [5.41, 5.74) is 0. The van der Waals surface area contributed by atoms with Crippen LogP contribution in [0, 0.1) is 0 Å². The highest BCUT2D eigenvalue weighted by Gasteiger charge is 2.30. The summed E-state index contributed by atoms with van der Waals surface area (Å²) in [6, 6.07) is 0.581. The Bertz CT molecular complexity index is 237. The Kier molecular flexibility index (Phi) is 3.26. The van der Waals surface area contributed by atoms with E-state index in [1.807, 2.05) is 4.90 Å². The predicted octanol–water partition coefficient (Wildman–Crippen LogP) is 0.0639. The first-order valence-corrected chi connectivity index (χ1v) is 5.84. The van der Waals surface area contributed by atoms with E-state index in [4.69, 9.17) is 0 Å². The Labute approximate surface area is 90.9 Å². The number of piperidine rings is 1. The lowest BCUT2D eigenvalue weighted by atomic mass is 10.0. The molecule has 0 bridgehead atoms. The number of nitrogens with zero attached hydrogens (tertiary/aromatic N) is 2. The van der Waals surface area contributed by atoms with E-state index in [0.29, 0.717) is 6.04 Å². The van der Waals surface area contributed by atoms with Crippen LogP contribution in [0.25, 0.3) is 0 Å². The van der Waals surface area contributed by atoms with Crippen LogP contribution in [-0.2, 0) is 4.79 Å². The van der Waals surface area contributed by atoms with E-state index in [0.717, 1.165) is 45.4 Å². The molecule has 2 rings (SSSR count). The highest BCUT2D eigenvalue weighted by molar-refractivity contribution is 5.73. The number of hydrogen-bond acceptors (Lipinski definition) is 3. The number of aliphatic hydroxyl groups is 1. The summed E-state index contributed by atoms with van der Waals surface area (Å²) in [7, 11) is 0. The summed E-state index contributed by atoms with van der Waals surface area (Å²) in [5, 5.41) is 9.46. The molecule has 2 fully saturated rings. The van der Waals surface area contributed by atoms with Crippen LogP contribution >= 0.6 is 0 Å². The molecule has 2 aliphatic heterocycles. The lowest BCUT2D eigenvalue weighted by Crippen LogP contribution is -2.45. The highest BCUT2D eigenvalue weighted by atomic mass is 16.3. The summed E-state index contributed by atoms with van der Waals surface area (Å²) < 4.78 is 0. The van der Waals surface area contributed by atoms with Crippen molar-refractivity contribution in [3.05, 3.63) is 0 Å². The van der Waals surface area contributed by atoms with Gasteiger partial charge in [0.1, 0.15) is 0 Å². The van der Waals surface area contributed by atoms with Gasteiger partial charge >= 0.3 is 0 Å². The Morgan fingerprint density at radius 2 is 1.87 bits per heavy atom. The van der Waals surface area contributed by atoms with Crippen LogP contribution in [0.4, 0.5) is 0 Å². The molecule has 15 heavy (non-hydrogen) atoms. The van der Waals surface area contributed by atoms with Gasteiger partial charge in [0.05, 0.1) is 6.10 Å². The van der Waals surface area contributed by atoms with Crippen LogP contribution in [0.15, 0.2) is 0 Å². The van der Waals surface area contributed by atoms with Gasteiger partial charge in [-0.3, -0.25) is 9.69 Å². The number of carbonyl (C=O) groups is 1. The third-order valence-corrected chi connectivity index (χ3v) is 3.62. The Morgan fingerprint density at radius 3 is 2.33 bits per heavy atom. The maximum Gasteiger partial charge on any atom is 0.219 e. The topological polar surface area (TPSA) is 43.8 Å². The van der Waals surface area contributed by atoms with E-state index in [2.05, 4.69) is 4.90 Å². The number of rotatable bonds is 1. The summed E-state index contributed by atoms with van der Waals surface area (Å²) in [6.07, 6.45) is 2.90. The second-order valence-corrected chi connectivity index (χ2v) is 4.67. The van der Waals surface area contributed by atoms with Crippen LogP contribution in [0.5, 0.6) is 0 Å².